The van der Waals surface area contributed by atoms with Crippen LogP contribution in [0.5, 0.6) is 0 Å². The number of rotatable bonds is 4. The highest BCUT2D eigenvalue weighted by molar-refractivity contribution is 5.60. The predicted molar refractivity (Wildman–Crippen MR) is 81.1 cm³/mol. The fourth-order valence-corrected chi connectivity index (χ4v) is 2.30. The molecule has 0 aliphatic heterocycles. The Morgan fingerprint density at radius 3 is 2.38 bits per heavy atom. The summed E-state index contributed by atoms with van der Waals surface area (Å²) in [6.45, 7) is 1.05. The molecule has 0 amide bonds. The minimum Gasteiger partial charge on any atom is -0.325 e. The monoisotopic (exact) mass is 281 g/mol. The molecule has 2 aromatic carbocycles. The van der Waals surface area contributed by atoms with Crippen molar-refractivity contribution in [1.29, 1.82) is 0 Å². The Balaban J connectivity index is 1.99. The van der Waals surface area contributed by atoms with E-state index in [-0.39, 0.29) is 5.82 Å². The zero-order valence-corrected chi connectivity index (χ0v) is 11.5. The molecule has 106 valence electrons. The average molecular weight is 281 g/mol. The van der Waals surface area contributed by atoms with Crippen molar-refractivity contribution in [3.05, 3.63) is 77.7 Å². The minimum absolute atomic E-state index is 0.244. The van der Waals surface area contributed by atoms with Crippen LogP contribution >= 0.6 is 0 Å². The van der Waals surface area contributed by atoms with Gasteiger partial charge in [0, 0.05) is 12.1 Å². The number of hydrogen-bond donors (Lipinski definition) is 1. The van der Waals surface area contributed by atoms with E-state index in [9.17, 15) is 4.39 Å². The van der Waals surface area contributed by atoms with E-state index in [0.29, 0.717) is 13.1 Å². The van der Waals surface area contributed by atoms with E-state index in [1.54, 1.807) is 12.1 Å². The van der Waals surface area contributed by atoms with Crippen LogP contribution in [0.1, 0.15) is 11.3 Å². The van der Waals surface area contributed by atoms with Crippen molar-refractivity contribution in [2.45, 2.75) is 13.1 Å². The standard InChI is InChI=1S/C17H16FN3/c18-15-8-6-14(7-9-15)17-10-16(11-19)20-21(17)12-13-4-2-1-3-5-13/h1-10H,11-12,19H2. The molecule has 0 aliphatic rings. The van der Waals surface area contributed by atoms with E-state index in [4.69, 9.17) is 5.73 Å². The number of nitrogens with zero attached hydrogens (tertiary/aromatic N) is 2. The van der Waals surface area contributed by atoms with Crippen LogP contribution in [0.2, 0.25) is 0 Å². The Labute approximate surface area is 122 Å². The van der Waals surface area contributed by atoms with E-state index in [2.05, 4.69) is 17.2 Å². The van der Waals surface area contributed by atoms with E-state index >= 15 is 0 Å². The Kier molecular flexibility index (Phi) is 3.79. The minimum atomic E-state index is -0.244. The number of benzene rings is 2. The van der Waals surface area contributed by atoms with Crippen LogP contribution in [0.25, 0.3) is 11.3 Å². The summed E-state index contributed by atoms with van der Waals surface area (Å²) < 4.78 is 15.0. The number of aromatic nitrogens is 2. The summed E-state index contributed by atoms with van der Waals surface area (Å²) in [6, 6.07) is 18.5. The zero-order valence-electron chi connectivity index (χ0n) is 11.5. The summed E-state index contributed by atoms with van der Waals surface area (Å²) in [6.07, 6.45) is 0. The molecule has 1 aromatic heterocycles. The van der Waals surface area contributed by atoms with Crippen molar-refractivity contribution in [1.82, 2.24) is 9.78 Å². The lowest BCUT2D eigenvalue weighted by molar-refractivity contribution is 0.627. The van der Waals surface area contributed by atoms with Gasteiger partial charge in [-0.1, -0.05) is 30.3 Å². The van der Waals surface area contributed by atoms with Gasteiger partial charge in [-0.3, -0.25) is 4.68 Å². The summed E-state index contributed by atoms with van der Waals surface area (Å²) >= 11 is 0. The number of halogens is 1. The average Bonchev–Trinajstić information content (AvgIpc) is 2.92. The molecule has 0 unspecified atom stereocenters. The molecule has 0 bridgehead atoms. The first-order chi connectivity index (χ1) is 10.3. The molecule has 0 saturated heterocycles. The van der Waals surface area contributed by atoms with Gasteiger partial charge in [-0.25, -0.2) is 4.39 Å². The van der Waals surface area contributed by atoms with Gasteiger partial charge in [0.15, 0.2) is 0 Å². The maximum Gasteiger partial charge on any atom is 0.123 e. The Morgan fingerprint density at radius 2 is 1.71 bits per heavy atom. The SMILES string of the molecule is NCc1cc(-c2ccc(F)cc2)n(Cc2ccccc2)n1. The highest BCUT2D eigenvalue weighted by atomic mass is 19.1. The van der Waals surface area contributed by atoms with Crippen LogP contribution < -0.4 is 5.73 Å². The molecule has 4 heteroatoms. The van der Waals surface area contributed by atoms with Crippen molar-refractivity contribution in [3.63, 3.8) is 0 Å². The summed E-state index contributed by atoms with van der Waals surface area (Å²) in [5.74, 6) is -0.244. The summed E-state index contributed by atoms with van der Waals surface area (Å²) in [5.41, 5.74) is 9.55. The molecule has 0 spiro atoms. The predicted octanol–water partition coefficient (Wildman–Crippen LogP) is 3.20. The van der Waals surface area contributed by atoms with Gasteiger partial charge in [0.1, 0.15) is 5.82 Å². The molecule has 3 nitrogen and oxygen atoms in total. The lowest BCUT2D eigenvalue weighted by Gasteiger charge is -2.07. The van der Waals surface area contributed by atoms with Crippen LogP contribution in [0, 0.1) is 5.82 Å². The number of nitrogens with two attached hydrogens (primary N) is 1. The zero-order chi connectivity index (χ0) is 14.7. The van der Waals surface area contributed by atoms with Crippen molar-refractivity contribution >= 4 is 0 Å². The third-order valence-corrected chi connectivity index (χ3v) is 3.35. The molecule has 3 aromatic rings. The fraction of sp³-hybridized carbons (Fsp3) is 0.118. The lowest BCUT2D eigenvalue weighted by Crippen LogP contribution is -2.05. The largest absolute Gasteiger partial charge is 0.325 e. The van der Waals surface area contributed by atoms with E-state index in [1.807, 2.05) is 28.9 Å². The summed E-state index contributed by atoms with van der Waals surface area (Å²) in [4.78, 5) is 0. The van der Waals surface area contributed by atoms with E-state index < -0.39 is 0 Å². The highest BCUT2D eigenvalue weighted by Gasteiger charge is 2.10. The molecule has 0 aliphatic carbocycles. The second kappa shape index (κ2) is 5.89. The quantitative estimate of drug-likeness (QED) is 0.798. The van der Waals surface area contributed by atoms with Gasteiger partial charge in [-0.2, -0.15) is 5.10 Å². The topological polar surface area (TPSA) is 43.8 Å². The smallest absolute Gasteiger partial charge is 0.123 e. The van der Waals surface area contributed by atoms with Crippen molar-refractivity contribution in [3.8, 4) is 11.3 Å². The third kappa shape index (κ3) is 3.01. The molecule has 2 N–H and O–H groups in total. The van der Waals surface area contributed by atoms with Gasteiger partial charge in [0.05, 0.1) is 17.9 Å². The van der Waals surface area contributed by atoms with E-state index in [1.165, 1.54) is 12.1 Å². The van der Waals surface area contributed by atoms with Gasteiger partial charge < -0.3 is 5.73 Å². The maximum absolute atomic E-state index is 13.1. The lowest BCUT2D eigenvalue weighted by atomic mass is 10.1. The normalized spacial score (nSPS) is 10.8. The van der Waals surface area contributed by atoms with Crippen LogP contribution in [-0.4, -0.2) is 9.78 Å². The molecule has 21 heavy (non-hydrogen) atoms. The second-order valence-electron chi connectivity index (χ2n) is 4.88. The van der Waals surface area contributed by atoms with Crippen LogP contribution in [0.15, 0.2) is 60.7 Å². The Hall–Kier alpha value is -2.46. The van der Waals surface area contributed by atoms with E-state index in [0.717, 1.165) is 22.5 Å². The van der Waals surface area contributed by atoms with Gasteiger partial charge in [0.2, 0.25) is 0 Å². The Morgan fingerprint density at radius 1 is 1.00 bits per heavy atom. The third-order valence-electron chi connectivity index (χ3n) is 3.35. The first-order valence-corrected chi connectivity index (χ1v) is 6.83. The molecule has 0 atom stereocenters. The second-order valence-corrected chi connectivity index (χ2v) is 4.88. The first-order valence-electron chi connectivity index (χ1n) is 6.83. The van der Waals surface area contributed by atoms with Crippen LogP contribution in [0.4, 0.5) is 4.39 Å². The van der Waals surface area contributed by atoms with Gasteiger partial charge in [-0.15, -0.1) is 0 Å². The first kappa shape index (κ1) is 13.5. The van der Waals surface area contributed by atoms with Gasteiger partial charge >= 0.3 is 0 Å². The molecular weight excluding hydrogens is 265 g/mol. The summed E-state index contributed by atoms with van der Waals surface area (Å²) in [7, 11) is 0. The molecule has 3 rings (SSSR count). The van der Waals surface area contributed by atoms with Crippen molar-refractivity contribution in [2.24, 2.45) is 5.73 Å². The molecule has 0 saturated carbocycles. The van der Waals surface area contributed by atoms with Crippen molar-refractivity contribution < 1.29 is 4.39 Å². The molecular formula is C17H16FN3. The highest BCUT2D eigenvalue weighted by Crippen LogP contribution is 2.22. The Bertz CT molecular complexity index is 718. The summed E-state index contributed by atoms with van der Waals surface area (Å²) in [5, 5.41) is 4.52. The van der Waals surface area contributed by atoms with Crippen LogP contribution in [-0.2, 0) is 13.1 Å². The van der Waals surface area contributed by atoms with Gasteiger partial charge in [0.25, 0.3) is 0 Å². The molecule has 1 heterocycles. The number of hydrogen-bond acceptors (Lipinski definition) is 2. The van der Waals surface area contributed by atoms with Crippen LogP contribution in [0.3, 0.4) is 0 Å². The van der Waals surface area contributed by atoms with Crippen molar-refractivity contribution in [2.75, 3.05) is 0 Å². The molecule has 0 fully saturated rings. The maximum atomic E-state index is 13.1. The fourth-order valence-electron chi connectivity index (χ4n) is 2.30. The molecule has 0 radical (unpaired) electrons. The van der Waals surface area contributed by atoms with Gasteiger partial charge in [-0.05, 0) is 35.9 Å².